The minimum absolute atomic E-state index is 0.206. The maximum absolute atomic E-state index is 12.8. The van der Waals surface area contributed by atoms with Gasteiger partial charge in [0.05, 0.1) is 11.3 Å². The summed E-state index contributed by atoms with van der Waals surface area (Å²) in [5, 5.41) is 5.99. The molecular weight excluding hydrogens is 476 g/mol. The lowest BCUT2D eigenvalue weighted by Crippen LogP contribution is -2.17. The molecule has 2 N–H and O–H groups in total. The van der Waals surface area contributed by atoms with Crippen molar-refractivity contribution in [2.24, 2.45) is 0 Å². The second kappa shape index (κ2) is 10.8. The molecule has 12 heteroatoms. The van der Waals surface area contributed by atoms with Crippen LogP contribution in [0.15, 0.2) is 54.6 Å². The second-order valence-electron chi connectivity index (χ2n) is 7.82. The van der Waals surface area contributed by atoms with E-state index in [2.05, 4.69) is 25.3 Å². The second-order valence-corrected chi connectivity index (χ2v) is 7.82. The number of nitrogens with zero attached hydrogens (tertiary/aromatic N) is 3. The summed E-state index contributed by atoms with van der Waals surface area (Å²) >= 11 is 0. The van der Waals surface area contributed by atoms with Gasteiger partial charge in [0.2, 0.25) is 5.95 Å². The van der Waals surface area contributed by atoms with Crippen molar-refractivity contribution in [3.8, 4) is 17.0 Å². The van der Waals surface area contributed by atoms with Gasteiger partial charge in [0.1, 0.15) is 11.6 Å². The van der Waals surface area contributed by atoms with Crippen molar-refractivity contribution in [2.45, 2.75) is 19.0 Å². The summed E-state index contributed by atoms with van der Waals surface area (Å²) in [5.74, 6) is 0.0381. The third kappa shape index (κ3) is 8.32. The first-order valence-electron chi connectivity index (χ1n) is 10.5. The zero-order valence-corrected chi connectivity index (χ0v) is 18.8. The molecule has 0 atom stereocenters. The molecule has 0 saturated heterocycles. The third-order valence-corrected chi connectivity index (χ3v) is 4.64. The van der Waals surface area contributed by atoms with Gasteiger partial charge in [-0.2, -0.15) is 18.2 Å². The lowest BCUT2D eigenvalue weighted by Gasteiger charge is -2.14. The topological polar surface area (TPSA) is 62.3 Å². The largest absolute Gasteiger partial charge is 0.573 e. The van der Waals surface area contributed by atoms with Gasteiger partial charge in [-0.3, -0.25) is 0 Å². The van der Waals surface area contributed by atoms with Gasteiger partial charge in [0.25, 0.3) is 0 Å². The van der Waals surface area contributed by atoms with Crippen LogP contribution in [0, 0.1) is 0 Å². The Bertz CT molecular complexity index is 1120. The molecular formula is C23H23F6N5O. The summed E-state index contributed by atoms with van der Waals surface area (Å²) in [6.07, 6.45) is -8.54. The summed E-state index contributed by atoms with van der Waals surface area (Å²) in [6, 6.07) is 11.2. The highest BCUT2D eigenvalue weighted by atomic mass is 19.4. The molecule has 0 aliphatic rings. The van der Waals surface area contributed by atoms with Gasteiger partial charge < -0.3 is 20.3 Å². The number of anilines is 3. The van der Waals surface area contributed by atoms with Crippen LogP contribution in [0.2, 0.25) is 0 Å². The van der Waals surface area contributed by atoms with E-state index in [1.165, 1.54) is 36.4 Å². The van der Waals surface area contributed by atoms with Gasteiger partial charge in [0, 0.05) is 23.9 Å². The van der Waals surface area contributed by atoms with Crippen molar-refractivity contribution in [1.29, 1.82) is 0 Å². The molecule has 1 aromatic heterocycles. The van der Waals surface area contributed by atoms with Crippen molar-refractivity contribution in [3.63, 3.8) is 0 Å². The Morgan fingerprint density at radius 3 is 2.26 bits per heavy atom. The van der Waals surface area contributed by atoms with E-state index in [1.54, 1.807) is 6.07 Å². The third-order valence-electron chi connectivity index (χ3n) is 4.64. The van der Waals surface area contributed by atoms with E-state index < -0.39 is 23.9 Å². The fourth-order valence-electron chi connectivity index (χ4n) is 3.08. The van der Waals surface area contributed by atoms with Crippen LogP contribution in [-0.2, 0) is 6.18 Å². The Morgan fingerprint density at radius 1 is 0.914 bits per heavy atom. The first kappa shape index (κ1) is 26.1. The van der Waals surface area contributed by atoms with Crippen molar-refractivity contribution in [2.75, 3.05) is 37.8 Å². The van der Waals surface area contributed by atoms with Crippen molar-refractivity contribution in [3.05, 3.63) is 60.2 Å². The van der Waals surface area contributed by atoms with Gasteiger partial charge in [-0.05, 0) is 63.5 Å². The predicted octanol–water partition coefficient (Wildman–Crippen LogP) is 6.17. The van der Waals surface area contributed by atoms with E-state index in [9.17, 15) is 26.3 Å². The van der Waals surface area contributed by atoms with Crippen molar-refractivity contribution < 1.29 is 31.1 Å². The van der Waals surface area contributed by atoms with Crippen LogP contribution in [0.1, 0.15) is 12.0 Å². The smallest absolute Gasteiger partial charge is 0.406 e. The summed E-state index contributed by atoms with van der Waals surface area (Å²) in [6.45, 7) is 1.33. The van der Waals surface area contributed by atoms with Crippen LogP contribution >= 0.6 is 0 Å². The lowest BCUT2D eigenvalue weighted by atomic mass is 10.1. The highest BCUT2D eigenvalue weighted by Crippen LogP contribution is 2.32. The maximum Gasteiger partial charge on any atom is 0.573 e. The Balaban J connectivity index is 1.89. The monoisotopic (exact) mass is 499 g/mol. The molecule has 188 valence electrons. The SMILES string of the molecule is CN(C)CCCNc1nc(Nc2ccc(C(F)(F)F)cc2)cc(-c2cccc(OC(F)(F)F)c2)n1. The Labute approximate surface area is 198 Å². The molecule has 0 aliphatic carbocycles. The number of rotatable bonds is 9. The van der Waals surface area contributed by atoms with Gasteiger partial charge in [-0.25, -0.2) is 4.98 Å². The fraction of sp³-hybridized carbons (Fsp3) is 0.304. The number of halogens is 6. The molecule has 3 aromatic rings. The molecule has 35 heavy (non-hydrogen) atoms. The number of ether oxygens (including phenoxy) is 1. The highest BCUT2D eigenvalue weighted by molar-refractivity contribution is 5.68. The zero-order valence-electron chi connectivity index (χ0n) is 18.8. The highest BCUT2D eigenvalue weighted by Gasteiger charge is 2.31. The molecule has 0 radical (unpaired) electrons. The number of alkyl halides is 6. The molecule has 0 saturated carbocycles. The van der Waals surface area contributed by atoms with Gasteiger partial charge in [-0.1, -0.05) is 12.1 Å². The summed E-state index contributed by atoms with van der Waals surface area (Å²) in [7, 11) is 3.86. The first-order valence-corrected chi connectivity index (χ1v) is 10.5. The normalized spacial score (nSPS) is 12.0. The molecule has 0 unspecified atom stereocenters. The molecule has 0 fully saturated rings. The molecule has 2 aromatic carbocycles. The molecule has 0 bridgehead atoms. The number of benzene rings is 2. The van der Waals surface area contributed by atoms with Crippen LogP contribution in [0.5, 0.6) is 5.75 Å². The quantitative estimate of drug-likeness (QED) is 0.271. The van der Waals surface area contributed by atoms with Crippen LogP contribution in [0.25, 0.3) is 11.3 Å². The van der Waals surface area contributed by atoms with Gasteiger partial charge in [-0.15, -0.1) is 13.2 Å². The van der Waals surface area contributed by atoms with E-state index in [-0.39, 0.29) is 17.5 Å². The standard InChI is InChI=1S/C23H23F6N5O/c1-34(2)12-4-11-30-21-32-19(15-5-3-6-18(13-15)35-23(27,28)29)14-20(33-21)31-17-9-7-16(8-10-17)22(24,25)26/h3,5-10,13-14H,4,11-12H2,1-2H3,(H2,30,31,32,33). The average Bonchev–Trinajstić information content (AvgIpc) is 2.75. The summed E-state index contributed by atoms with van der Waals surface area (Å²) < 4.78 is 80.4. The lowest BCUT2D eigenvalue weighted by molar-refractivity contribution is -0.274. The number of aromatic nitrogens is 2. The van der Waals surface area contributed by atoms with E-state index in [0.717, 1.165) is 25.1 Å². The minimum Gasteiger partial charge on any atom is -0.406 e. The average molecular weight is 499 g/mol. The van der Waals surface area contributed by atoms with E-state index in [1.807, 2.05) is 19.0 Å². The fourth-order valence-corrected chi connectivity index (χ4v) is 3.08. The van der Waals surface area contributed by atoms with E-state index >= 15 is 0 Å². The summed E-state index contributed by atoms with van der Waals surface area (Å²) in [5.41, 5.74) is 0.171. The van der Waals surface area contributed by atoms with Gasteiger partial charge >= 0.3 is 12.5 Å². The molecule has 3 rings (SSSR count). The van der Waals surface area contributed by atoms with Crippen LogP contribution < -0.4 is 15.4 Å². The molecule has 0 aliphatic heterocycles. The Morgan fingerprint density at radius 2 is 1.63 bits per heavy atom. The Hall–Kier alpha value is -3.54. The number of hydrogen-bond donors (Lipinski definition) is 2. The Kier molecular flexibility index (Phi) is 8.05. The zero-order chi connectivity index (χ0) is 25.6. The molecule has 6 nitrogen and oxygen atoms in total. The van der Waals surface area contributed by atoms with E-state index in [4.69, 9.17) is 0 Å². The molecule has 0 spiro atoms. The van der Waals surface area contributed by atoms with Gasteiger partial charge in [0.15, 0.2) is 0 Å². The van der Waals surface area contributed by atoms with Crippen molar-refractivity contribution in [1.82, 2.24) is 14.9 Å². The van der Waals surface area contributed by atoms with E-state index in [0.29, 0.717) is 17.8 Å². The maximum atomic E-state index is 12.8. The first-order chi connectivity index (χ1) is 16.4. The van der Waals surface area contributed by atoms with Crippen LogP contribution in [0.3, 0.4) is 0 Å². The number of hydrogen-bond acceptors (Lipinski definition) is 6. The predicted molar refractivity (Wildman–Crippen MR) is 121 cm³/mol. The summed E-state index contributed by atoms with van der Waals surface area (Å²) in [4.78, 5) is 10.7. The van der Waals surface area contributed by atoms with Crippen LogP contribution in [0.4, 0.5) is 43.8 Å². The van der Waals surface area contributed by atoms with Crippen molar-refractivity contribution >= 4 is 17.5 Å². The molecule has 1 heterocycles. The minimum atomic E-state index is -4.85. The van der Waals surface area contributed by atoms with Crippen LogP contribution in [-0.4, -0.2) is 48.4 Å². The molecule has 0 amide bonds. The number of nitrogens with one attached hydrogen (secondary N) is 2.